The zero-order valence-electron chi connectivity index (χ0n) is 12.2. The van der Waals surface area contributed by atoms with E-state index in [0.717, 1.165) is 26.1 Å². The maximum atomic E-state index is 11.6. The lowest BCUT2D eigenvalue weighted by molar-refractivity contribution is -0.384. The van der Waals surface area contributed by atoms with Crippen molar-refractivity contribution >= 4 is 17.3 Å². The van der Waals surface area contributed by atoms with Crippen LogP contribution < -0.4 is 4.90 Å². The van der Waals surface area contributed by atoms with Gasteiger partial charge in [-0.2, -0.15) is 0 Å². The van der Waals surface area contributed by atoms with Crippen molar-refractivity contribution in [2.75, 3.05) is 45.2 Å². The Morgan fingerprint density at radius 2 is 2.05 bits per heavy atom. The number of esters is 1. The summed E-state index contributed by atoms with van der Waals surface area (Å²) in [6.45, 7) is 3.22. The van der Waals surface area contributed by atoms with E-state index < -0.39 is 10.9 Å². The SMILES string of the molecule is COC(=O)c1ccc([N+](=O)[O-])c(N2CCCN(C)CC2)c1. The maximum Gasteiger partial charge on any atom is 0.337 e. The van der Waals surface area contributed by atoms with E-state index in [4.69, 9.17) is 0 Å². The molecule has 0 aliphatic carbocycles. The minimum Gasteiger partial charge on any atom is -0.465 e. The van der Waals surface area contributed by atoms with Crippen LogP contribution in [0.5, 0.6) is 0 Å². The molecule has 0 atom stereocenters. The molecule has 1 heterocycles. The predicted molar refractivity (Wildman–Crippen MR) is 78.8 cm³/mol. The largest absolute Gasteiger partial charge is 0.465 e. The normalized spacial score (nSPS) is 16.4. The molecule has 1 aromatic carbocycles. The van der Waals surface area contributed by atoms with E-state index in [9.17, 15) is 14.9 Å². The van der Waals surface area contributed by atoms with Gasteiger partial charge in [0.25, 0.3) is 5.69 Å². The number of ether oxygens (including phenoxy) is 1. The number of carbonyl (C=O) groups excluding carboxylic acids is 1. The average molecular weight is 293 g/mol. The van der Waals surface area contributed by atoms with E-state index in [0.29, 0.717) is 17.8 Å². The van der Waals surface area contributed by atoms with Gasteiger partial charge in [0.05, 0.1) is 17.6 Å². The van der Waals surface area contributed by atoms with Gasteiger partial charge >= 0.3 is 5.97 Å². The van der Waals surface area contributed by atoms with Crippen LogP contribution in [-0.2, 0) is 4.74 Å². The number of rotatable bonds is 3. The van der Waals surface area contributed by atoms with Crippen LogP contribution in [0.25, 0.3) is 0 Å². The van der Waals surface area contributed by atoms with Gasteiger partial charge in [-0.05, 0) is 32.1 Å². The highest BCUT2D eigenvalue weighted by molar-refractivity contribution is 5.91. The number of nitro benzene ring substituents is 1. The quantitative estimate of drug-likeness (QED) is 0.478. The molecule has 1 fully saturated rings. The second kappa shape index (κ2) is 6.53. The Morgan fingerprint density at radius 3 is 2.71 bits per heavy atom. The van der Waals surface area contributed by atoms with E-state index in [1.165, 1.54) is 19.2 Å². The summed E-state index contributed by atoms with van der Waals surface area (Å²) in [5.74, 6) is -0.488. The minimum atomic E-state index is -0.488. The summed E-state index contributed by atoms with van der Waals surface area (Å²) in [6, 6.07) is 4.35. The molecule has 1 aromatic rings. The van der Waals surface area contributed by atoms with Crippen LogP contribution >= 0.6 is 0 Å². The summed E-state index contributed by atoms with van der Waals surface area (Å²) in [4.78, 5) is 26.6. The molecule has 0 aromatic heterocycles. The fraction of sp³-hybridized carbons (Fsp3) is 0.500. The lowest BCUT2D eigenvalue weighted by atomic mass is 10.1. The fourth-order valence-electron chi connectivity index (χ4n) is 2.46. The van der Waals surface area contributed by atoms with Crippen molar-refractivity contribution in [3.8, 4) is 0 Å². The second-order valence-electron chi connectivity index (χ2n) is 5.10. The second-order valence-corrected chi connectivity index (χ2v) is 5.10. The molecule has 0 unspecified atom stereocenters. The first-order valence-corrected chi connectivity index (χ1v) is 6.83. The molecule has 0 spiro atoms. The van der Waals surface area contributed by atoms with Crippen molar-refractivity contribution in [1.82, 2.24) is 4.90 Å². The minimum absolute atomic E-state index is 0.0206. The molecule has 114 valence electrons. The van der Waals surface area contributed by atoms with Gasteiger partial charge in [-0.1, -0.05) is 0 Å². The van der Waals surface area contributed by atoms with Gasteiger partial charge in [0.1, 0.15) is 5.69 Å². The number of benzene rings is 1. The van der Waals surface area contributed by atoms with Crippen LogP contribution in [0, 0.1) is 10.1 Å². The van der Waals surface area contributed by atoms with Gasteiger partial charge in [0, 0.05) is 25.7 Å². The number of nitro groups is 1. The first-order chi connectivity index (χ1) is 10.0. The third-order valence-electron chi connectivity index (χ3n) is 3.65. The lowest BCUT2D eigenvalue weighted by Crippen LogP contribution is -2.29. The van der Waals surface area contributed by atoms with Crippen LogP contribution in [0.2, 0.25) is 0 Å². The highest BCUT2D eigenvalue weighted by Crippen LogP contribution is 2.30. The predicted octanol–water partition coefficient (Wildman–Crippen LogP) is 1.52. The van der Waals surface area contributed by atoms with Crippen molar-refractivity contribution in [1.29, 1.82) is 0 Å². The third-order valence-corrected chi connectivity index (χ3v) is 3.65. The van der Waals surface area contributed by atoms with Gasteiger partial charge in [0.15, 0.2) is 0 Å². The number of hydrogen-bond acceptors (Lipinski definition) is 6. The first-order valence-electron chi connectivity index (χ1n) is 6.83. The molecule has 7 heteroatoms. The third kappa shape index (κ3) is 3.49. The van der Waals surface area contributed by atoms with E-state index >= 15 is 0 Å². The molecule has 0 amide bonds. The van der Waals surface area contributed by atoms with Crippen LogP contribution in [0.3, 0.4) is 0 Å². The first kappa shape index (κ1) is 15.2. The average Bonchev–Trinajstić information content (AvgIpc) is 2.70. The summed E-state index contributed by atoms with van der Waals surface area (Å²) in [6.07, 6.45) is 0.927. The number of methoxy groups -OCH3 is 1. The molecule has 0 radical (unpaired) electrons. The molecule has 0 bridgehead atoms. The number of likely N-dealkylation sites (N-methyl/N-ethyl adjacent to an activating group) is 1. The van der Waals surface area contributed by atoms with E-state index in [2.05, 4.69) is 9.64 Å². The molecule has 7 nitrogen and oxygen atoms in total. The fourth-order valence-corrected chi connectivity index (χ4v) is 2.46. The monoisotopic (exact) mass is 293 g/mol. The van der Waals surface area contributed by atoms with Crippen molar-refractivity contribution in [3.63, 3.8) is 0 Å². The Bertz CT molecular complexity index is 547. The van der Waals surface area contributed by atoms with E-state index in [-0.39, 0.29) is 5.69 Å². The van der Waals surface area contributed by atoms with Crippen LogP contribution in [0.1, 0.15) is 16.8 Å². The van der Waals surface area contributed by atoms with Crippen molar-refractivity contribution in [2.45, 2.75) is 6.42 Å². The Labute approximate surface area is 123 Å². The lowest BCUT2D eigenvalue weighted by Gasteiger charge is -2.22. The molecular weight excluding hydrogens is 274 g/mol. The van der Waals surface area contributed by atoms with Gasteiger partial charge < -0.3 is 14.5 Å². The summed E-state index contributed by atoms with van der Waals surface area (Å²) >= 11 is 0. The zero-order valence-corrected chi connectivity index (χ0v) is 12.2. The molecule has 1 saturated heterocycles. The standard InChI is InChI=1S/C14H19N3O4/c1-15-6-3-7-16(9-8-15)13-10-11(14(18)21-2)4-5-12(13)17(19)20/h4-5,10H,3,6-9H2,1-2H3. The molecule has 0 N–H and O–H groups in total. The number of anilines is 1. The molecule has 1 aliphatic rings. The highest BCUT2D eigenvalue weighted by Gasteiger charge is 2.23. The molecule has 1 aliphatic heterocycles. The smallest absolute Gasteiger partial charge is 0.337 e. The summed E-state index contributed by atoms with van der Waals surface area (Å²) < 4.78 is 4.69. The molecule has 21 heavy (non-hydrogen) atoms. The van der Waals surface area contributed by atoms with Gasteiger partial charge in [-0.3, -0.25) is 10.1 Å². The number of nitrogens with zero attached hydrogens (tertiary/aromatic N) is 3. The van der Waals surface area contributed by atoms with Gasteiger partial charge in [-0.25, -0.2) is 4.79 Å². The van der Waals surface area contributed by atoms with E-state index in [1.54, 1.807) is 6.07 Å². The Balaban J connectivity index is 2.38. The van der Waals surface area contributed by atoms with Crippen molar-refractivity contribution < 1.29 is 14.5 Å². The summed E-state index contributed by atoms with van der Waals surface area (Å²) in [7, 11) is 3.33. The maximum absolute atomic E-state index is 11.6. The molecule has 2 rings (SSSR count). The molecule has 0 saturated carbocycles. The number of hydrogen-bond donors (Lipinski definition) is 0. The topological polar surface area (TPSA) is 75.9 Å². The van der Waals surface area contributed by atoms with Gasteiger partial charge in [-0.15, -0.1) is 0 Å². The van der Waals surface area contributed by atoms with Gasteiger partial charge in [0.2, 0.25) is 0 Å². The number of carbonyl (C=O) groups is 1. The summed E-state index contributed by atoms with van der Waals surface area (Å²) in [5, 5.41) is 11.2. The zero-order chi connectivity index (χ0) is 15.4. The van der Waals surface area contributed by atoms with E-state index in [1.807, 2.05) is 11.9 Å². The summed E-state index contributed by atoms with van der Waals surface area (Å²) in [5.41, 5.74) is 0.834. The Morgan fingerprint density at radius 1 is 1.29 bits per heavy atom. The van der Waals surface area contributed by atoms with Crippen LogP contribution in [-0.4, -0.2) is 56.1 Å². The Kier molecular flexibility index (Phi) is 4.74. The van der Waals surface area contributed by atoms with Crippen LogP contribution in [0.15, 0.2) is 18.2 Å². The molecular formula is C14H19N3O4. The van der Waals surface area contributed by atoms with Crippen molar-refractivity contribution in [2.24, 2.45) is 0 Å². The van der Waals surface area contributed by atoms with Crippen LogP contribution in [0.4, 0.5) is 11.4 Å². The van der Waals surface area contributed by atoms with Crippen molar-refractivity contribution in [3.05, 3.63) is 33.9 Å². The highest BCUT2D eigenvalue weighted by atomic mass is 16.6. The Hall–Kier alpha value is -2.15.